The summed E-state index contributed by atoms with van der Waals surface area (Å²) in [5.41, 5.74) is 1.04. The fourth-order valence-electron chi connectivity index (χ4n) is 3.19. The molecular weight excluding hydrogens is 401 g/mol. The van der Waals surface area contributed by atoms with Gasteiger partial charge in [-0.05, 0) is 29.8 Å². The number of piperazine rings is 1. The van der Waals surface area contributed by atoms with Crippen molar-refractivity contribution < 1.29 is 23.8 Å². The largest absolute Gasteiger partial charge is 0.497 e. The molecule has 156 valence electrons. The highest BCUT2D eigenvalue weighted by molar-refractivity contribution is 5.87. The highest BCUT2D eigenvalue weighted by Crippen LogP contribution is 2.25. The van der Waals surface area contributed by atoms with Crippen LogP contribution in [-0.4, -0.2) is 48.8 Å². The molecule has 1 unspecified atom stereocenters. The van der Waals surface area contributed by atoms with Crippen LogP contribution in [0.3, 0.4) is 0 Å². The molecule has 3 rings (SSSR count). The van der Waals surface area contributed by atoms with Gasteiger partial charge in [-0.3, -0.25) is 0 Å². The maximum atomic E-state index is 14.1. The number of hydrogen-bond acceptors (Lipinski definition) is 4. The number of nitrogens with zero attached hydrogens (tertiary/aromatic N) is 1. The van der Waals surface area contributed by atoms with Gasteiger partial charge in [-0.1, -0.05) is 18.2 Å². The van der Waals surface area contributed by atoms with Gasteiger partial charge in [-0.15, -0.1) is 12.4 Å². The van der Waals surface area contributed by atoms with Crippen molar-refractivity contribution >= 4 is 24.4 Å². The number of ether oxygens (including phenoxy) is 1. The molecule has 0 bridgehead atoms. The Morgan fingerprint density at radius 3 is 2.79 bits per heavy atom. The van der Waals surface area contributed by atoms with Crippen LogP contribution in [0.5, 0.6) is 5.75 Å². The summed E-state index contributed by atoms with van der Waals surface area (Å²) in [6, 6.07) is 10.7. The van der Waals surface area contributed by atoms with E-state index in [2.05, 4.69) is 10.6 Å². The number of amides is 2. The van der Waals surface area contributed by atoms with Crippen molar-refractivity contribution in [1.29, 1.82) is 0 Å². The van der Waals surface area contributed by atoms with Crippen LogP contribution in [0.2, 0.25) is 0 Å². The Kier molecular flexibility index (Phi) is 7.81. The Hall–Kier alpha value is -2.84. The average molecular weight is 424 g/mol. The summed E-state index contributed by atoms with van der Waals surface area (Å²) in [5, 5.41) is 14.9. The van der Waals surface area contributed by atoms with Gasteiger partial charge in [0.05, 0.1) is 18.7 Å². The number of halogens is 2. The first-order chi connectivity index (χ1) is 13.5. The number of rotatable bonds is 5. The van der Waals surface area contributed by atoms with Crippen LogP contribution in [0.15, 0.2) is 42.5 Å². The van der Waals surface area contributed by atoms with Crippen LogP contribution in [-0.2, 0) is 6.54 Å². The molecule has 2 amide bonds. The average Bonchev–Trinajstić information content (AvgIpc) is 2.72. The van der Waals surface area contributed by atoms with E-state index in [0.29, 0.717) is 25.4 Å². The topological polar surface area (TPSA) is 90.9 Å². The van der Waals surface area contributed by atoms with Crippen molar-refractivity contribution in [2.75, 3.05) is 26.7 Å². The van der Waals surface area contributed by atoms with Crippen molar-refractivity contribution in [2.24, 2.45) is 0 Å². The van der Waals surface area contributed by atoms with E-state index < -0.39 is 11.8 Å². The fourth-order valence-corrected chi connectivity index (χ4v) is 3.19. The number of hydrogen-bond donors (Lipinski definition) is 3. The van der Waals surface area contributed by atoms with Gasteiger partial charge in [-0.25, -0.2) is 14.0 Å². The van der Waals surface area contributed by atoms with E-state index >= 15 is 0 Å². The molecule has 1 heterocycles. The number of urea groups is 1. The number of nitrogens with one attached hydrogen (secondary N) is 2. The molecule has 1 aliphatic heterocycles. The van der Waals surface area contributed by atoms with E-state index in [1.54, 1.807) is 12.0 Å². The summed E-state index contributed by atoms with van der Waals surface area (Å²) >= 11 is 0. The summed E-state index contributed by atoms with van der Waals surface area (Å²) < 4.78 is 19.3. The molecule has 1 fully saturated rings. The molecular formula is C20H23ClFN3O4. The molecule has 3 N–H and O–H groups in total. The molecule has 1 aliphatic rings. The van der Waals surface area contributed by atoms with Gasteiger partial charge < -0.3 is 25.4 Å². The predicted molar refractivity (Wildman–Crippen MR) is 108 cm³/mol. The molecule has 0 aromatic heterocycles. The molecule has 9 heteroatoms. The second kappa shape index (κ2) is 10.1. The third-order valence-corrected chi connectivity index (χ3v) is 4.71. The van der Waals surface area contributed by atoms with E-state index in [-0.39, 0.29) is 42.2 Å². The molecule has 0 radical (unpaired) electrons. The Morgan fingerprint density at radius 2 is 2.10 bits per heavy atom. The van der Waals surface area contributed by atoms with Crippen molar-refractivity contribution in [3.63, 3.8) is 0 Å². The first kappa shape index (κ1) is 22.4. The minimum atomic E-state index is -1.20. The van der Waals surface area contributed by atoms with Gasteiger partial charge in [-0.2, -0.15) is 0 Å². The second-order valence-electron chi connectivity index (χ2n) is 6.46. The number of benzene rings is 2. The molecule has 1 atom stereocenters. The van der Waals surface area contributed by atoms with Gasteiger partial charge in [0.25, 0.3) is 0 Å². The summed E-state index contributed by atoms with van der Waals surface area (Å²) in [5.74, 6) is -1.15. The Labute approximate surface area is 174 Å². The maximum Gasteiger partial charge on any atom is 0.335 e. The number of carboxylic acids is 1. The number of carbonyl (C=O) groups is 2. The van der Waals surface area contributed by atoms with Crippen LogP contribution in [0.4, 0.5) is 9.18 Å². The summed E-state index contributed by atoms with van der Waals surface area (Å²) in [6.07, 6.45) is 0. The highest BCUT2D eigenvalue weighted by atomic mass is 35.5. The van der Waals surface area contributed by atoms with Gasteiger partial charge in [0, 0.05) is 31.7 Å². The van der Waals surface area contributed by atoms with E-state index in [4.69, 9.17) is 9.84 Å². The molecule has 29 heavy (non-hydrogen) atoms. The molecule has 0 saturated carbocycles. The summed E-state index contributed by atoms with van der Waals surface area (Å²) in [6.45, 7) is 1.74. The SMILES string of the molecule is COc1cccc(C2CNCCN2C(=O)NCc2ccc(C(=O)O)cc2F)c1.Cl. The zero-order valence-corrected chi connectivity index (χ0v) is 16.7. The van der Waals surface area contributed by atoms with Crippen LogP contribution in [0, 0.1) is 5.82 Å². The molecule has 7 nitrogen and oxygen atoms in total. The lowest BCUT2D eigenvalue weighted by molar-refractivity contribution is 0.0696. The Balaban J connectivity index is 0.00000300. The van der Waals surface area contributed by atoms with E-state index in [9.17, 15) is 14.0 Å². The molecule has 0 aliphatic carbocycles. The minimum Gasteiger partial charge on any atom is -0.497 e. The predicted octanol–water partition coefficient (Wildman–Crippen LogP) is 2.81. The van der Waals surface area contributed by atoms with Crippen LogP contribution in [0.25, 0.3) is 0 Å². The third-order valence-electron chi connectivity index (χ3n) is 4.71. The lowest BCUT2D eigenvalue weighted by Crippen LogP contribution is -2.51. The van der Waals surface area contributed by atoms with Gasteiger partial charge in [0.15, 0.2) is 0 Å². The number of carbonyl (C=O) groups excluding carboxylic acids is 1. The smallest absolute Gasteiger partial charge is 0.335 e. The van der Waals surface area contributed by atoms with Crippen LogP contribution >= 0.6 is 12.4 Å². The fraction of sp³-hybridized carbons (Fsp3) is 0.300. The molecule has 2 aromatic carbocycles. The molecule has 1 saturated heterocycles. The summed E-state index contributed by atoms with van der Waals surface area (Å²) in [4.78, 5) is 25.3. The zero-order valence-electron chi connectivity index (χ0n) is 15.9. The van der Waals surface area contributed by atoms with Crippen molar-refractivity contribution in [3.8, 4) is 5.75 Å². The quantitative estimate of drug-likeness (QED) is 0.688. The van der Waals surface area contributed by atoms with Crippen LogP contribution < -0.4 is 15.4 Å². The van der Waals surface area contributed by atoms with Gasteiger partial charge >= 0.3 is 12.0 Å². The Bertz CT molecular complexity index is 881. The van der Waals surface area contributed by atoms with Crippen molar-refractivity contribution in [1.82, 2.24) is 15.5 Å². The number of methoxy groups -OCH3 is 1. The third kappa shape index (κ3) is 5.36. The van der Waals surface area contributed by atoms with Gasteiger partial charge in [0.1, 0.15) is 11.6 Å². The highest BCUT2D eigenvalue weighted by Gasteiger charge is 2.28. The van der Waals surface area contributed by atoms with Crippen molar-refractivity contribution in [2.45, 2.75) is 12.6 Å². The normalized spacial score (nSPS) is 15.9. The standard InChI is InChI=1S/C20H22FN3O4.ClH/c1-28-16-4-2-3-13(9-16)18-12-22-7-8-24(18)20(27)23-11-15-6-5-14(19(25)26)10-17(15)21;/h2-6,9-10,18,22H,7-8,11-12H2,1H3,(H,23,27)(H,25,26);1H. The lowest BCUT2D eigenvalue weighted by Gasteiger charge is -2.36. The minimum absolute atomic E-state index is 0. The van der Waals surface area contributed by atoms with E-state index in [1.165, 1.54) is 12.1 Å². The van der Waals surface area contributed by atoms with E-state index in [1.807, 2.05) is 24.3 Å². The molecule has 0 spiro atoms. The first-order valence-electron chi connectivity index (χ1n) is 8.90. The Morgan fingerprint density at radius 1 is 1.31 bits per heavy atom. The number of carboxylic acid groups (broad SMARTS) is 1. The first-order valence-corrected chi connectivity index (χ1v) is 8.90. The number of aromatic carboxylic acids is 1. The molecule has 2 aromatic rings. The second-order valence-corrected chi connectivity index (χ2v) is 6.46. The van der Waals surface area contributed by atoms with E-state index in [0.717, 1.165) is 11.6 Å². The van der Waals surface area contributed by atoms with Crippen molar-refractivity contribution in [3.05, 3.63) is 65.0 Å². The maximum absolute atomic E-state index is 14.1. The summed E-state index contributed by atoms with van der Waals surface area (Å²) in [7, 11) is 1.59. The monoisotopic (exact) mass is 423 g/mol. The van der Waals surface area contributed by atoms with Crippen LogP contribution in [0.1, 0.15) is 27.5 Å². The van der Waals surface area contributed by atoms with Gasteiger partial charge in [0.2, 0.25) is 0 Å². The zero-order chi connectivity index (χ0) is 20.1. The lowest BCUT2D eigenvalue weighted by atomic mass is 10.0.